The lowest BCUT2D eigenvalue weighted by atomic mass is 10.1. The van der Waals surface area contributed by atoms with Crippen LogP contribution in [0.1, 0.15) is 30.4 Å². The number of ketones is 1. The first-order chi connectivity index (χ1) is 13.9. The minimum absolute atomic E-state index is 0. The van der Waals surface area contributed by atoms with E-state index in [1.54, 1.807) is 28.9 Å². The molecule has 3 aliphatic rings. The van der Waals surface area contributed by atoms with Crippen molar-refractivity contribution in [2.75, 3.05) is 26.2 Å². The average molecular weight is 457 g/mol. The van der Waals surface area contributed by atoms with Gasteiger partial charge in [0.15, 0.2) is 5.78 Å². The summed E-state index contributed by atoms with van der Waals surface area (Å²) in [5, 5.41) is 2.92. The van der Waals surface area contributed by atoms with Gasteiger partial charge in [0.1, 0.15) is 11.9 Å². The first kappa shape index (κ1) is 22.7. The Morgan fingerprint density at radius 2 is 1.90 bits per heavy atom. The molecule has 30 heavy (non-hydrogen) atoms. The molecule has 0 saturated carbocycles. The Bertz CT molecular complexity index is 865. The van der Waals surface area contributed by atoms with Crippen LogP contribution in [0.5, 0.6) is 0 Å². The second-order valence-corrected chi connectivity index (χ2v) is 8.29. The summed E-state index contributed by atoms with van der Waals surface area (Å²) in [7, 11) is 0. The summed E-state index contributed by atoms with van der Waals surface area (Å²) in [6.45, 7) is 3.41. The van der Waals surface area contributed by atoms with Crippen molar-refractivity contribution >= 4 is 42.9 Å². The molecule has 1 aromatic carbocycles. The maximum absolute atomic E-state index is 14.3. The highest BCUT2D eigenvalue weighted by Gasteiger charge is 2.52. The maximum Gasteiger partial charge on any atom is 0.320 e. The predicted octanol–water partition coefficient (Wildman–Crippen LogP) is 2.65. The minimum atomic E-state index is -0.639. The van der Waals surface area contributed by atoms with Gasteiger partial charge in [-0.05, 0) is 37.8 Å². The molecule has 0 radical (unpaired) electrons. The van der Waals surface area contributed by atoms with Crippen molar-refractivity contribution < 1.29 is 18.8 Å². The molecule has 0 unspecified atom stereocenters. The van der Waals surface area contributed by atoms with E-state index in [9.17, 15) is 18.8 Å². The zero-order chi connectivity index (χ0) is 20.7. The summed E-state index contributed by atoms with van der Waals surface area (Å²) < 4.78 is 14.3. The normalized spacial score (nSPS) is 22.9. The molecule has 0 aliphatic carbocycles. The number of nitrogens with zero attached hydrogens (tertiary/aromatic N) is 3. The Morgan fingerprint density at radius 1 is 1.20 bits per heavy atom. The highest BCUT2D eigenvalue weighted by Crippen LogP contribution is 2.31. The van der Waals surface area contributed by atoms with E-state index in [1.165, 1.54) is 4.90 Å². The van der Waals surface area contributed by atoms with Crippen molar-refractivity contribution in [3.05, 3.63) is 34.1 Å². The molecule has 0 aromatic heterocycles. The van der Waals surface area contributed by atoms with Crippen molar-refractivity contribution in [3.63, 3.8) is 0 Å². The van der Waals surface area contributed by atoms with Gasteiger partial charge in [-0.3, -0.25) is 4.79 Å². The molecular weight excluding hydrogens is 431 g/mol. The molecule has 3 aliphatic heterocycles. The van der Waals surface area contributed by atoms with Gasteiger partial charge in [0, 0.05) is 36.8 Å². The van der Waals surface area contributed by atoms with Crippen LogP contribution in [-0.2, 0) is 11.3 Å². The second kappa shape index (κ2) is 9.01. The zero-order valence-corrected chi connectivity index (χ0v) is 18.5. The molecule has 10 heteroatoms. The number of likely N-dealkylation sites (tertiary alicyclic amines) is 3. The number of Topliss-reactive ketones (excluding diaryl/α,β-unsaturated/α-hetero) is 1. The molecule has 4 rings (SSSR count). The van der Waals surface area contributed by atoms with Gasteiger partial charge < -0.3 is 20.0 Å². The Hall–Kier alpha value is -2.00. The number of carbonyl (C=O) groups is 3. The summed E-state index contributed by atoms with van der Waals surface area (Å²) in [6, 6.07) is 1.69. The third-order valence-electron chi connectivity index (χ3n) is 6.10. The second-order valence-electron chi connectivity index (χ2n) is 7.88. The molecule has 0 spiro atoms. The maximum atomic E-state index is 14.3. The standard InChI is InChI=1S/C20H24ClFN4O3.H2S/c1-12-4-5-14(21)13(17(12)22)10-23-19(28)25-9-6-15-18(25)16(27)11-26(15)20(29)24-7-2-3-8-24;/h4-5,15,18H,2-3,6-11H2,1H3,(H,23,28);1H2/t15-,18+;/m1./s1. The number of amides is 4. The minimum Gasteiger partial charge on any atom is -0.334 e. The van der Waals surface area contributed by atoms with Crippen molar-refractivity contribution in [3.8, 4) is 0 Å². The number of benzene rings is 1. The van der Waals surface area contributed by atoms with Crippen LogP contribution in [0, 0.1) is 12.7 Å². The van der Waals surface area contributed by atoms with Crippen molar-refractivity contribution in [2.24, 2.45) is 0 Å². The quantitative estimate of drug-likeness (QED) is 0.743. The number of rotatable bonds is 2. The molecule has 3 fully saturated rings. The third kappa shape index (κ3) is 3.97. The lowest BCUT2D eigenvalue weighted by Gasteiger charge is -2.28. The summed E-state index contributed by atoms with van der Waals surface area (Å²) >= 11 is 6.07. The number of fused-ring (bicyclic) bond motifs is 1. The molecule has 3 saturated heterocycles. The van der Waals surface area contributed by atoms with E-state index in [2.05, 4.69) is 5.32 Å². The number of hydrogen-bond acceptors (Lipinski definition) is 3. The number of carbonyl (C=O) groups excluding carboxylic acids is 3. The van der Waals surface area contributed by atoms with E-state index in [0.29, 0.717) is 31.6 Å². The van der Waals surface area contributed by atoms with Crippen LogP contribution in [0.3, 0.4) is 0 Å². The number of nitrogens with one attached hydrogen (secondary N) is 1. The zero-order valence-electron chi connectivity index (χ0n) is 16.8. The van der Waals surface area contributed by atoms with Gasteiger partial charge in [0.05, 0.1) is 12.6 Å². The summed E-state index contributed by atoms with van der Waals surface area (Å²) in [5.74, 6) is -0.577. The Kier molecular flexibility index (Phi) is 6.81. The van der Waals surface area contributed by atoms with Gasteiger partial charge in [0.2, 0.25) is 0 Å². The van der Waals surface area contributed by atoms with Gasteiger partial charge in [-0.1, -0.05) is 17.7 Å². The van der Waals surface area contributed by atoms with E-state index in [-0.39, 0.29) is 55.0 Å². The number of hydrogen-bond donors (Lipinski definition) is 1. The fourth-order valence-corrected chi connectivity index (χ4v) is 4.75. The molecular formula is C20H26ClFN4O3S. The molecule has 1 aromatic rings. The van der Waals surface area contributed by atoms with Crippen molar-refractivity contribution in [1.82, 2.24) is 20.0 Å². The number of halogens is 2. The molecule has 164 valence electrons. The average Bonchev–Trinajstić information content (AvgIpc) is 3.43. The van der Waals surface area contributed by atoms with E-state index >= 15 is 0 Å². The molecule has 1 N–H and O–H groups in total. The largest absolute Gasteiger partial charge is 0.334 e. The van der Waals surface area contributed by atoms with Gasteiger partial charge >= 0.3 is 12.1 Å². The Morgan fingerprint density at radius 3 is 2.60 bits per heavy atom. The molecule has 2 atom stereocenters. The van der Waals surface area contributed by atoms with Crippen molar-refractivity contribution in [1.29, 1.82) is 0 Å². The van der Waals surface area contributed by atoms with Crippen LogP contribution in [-0.4, -0.2) is 70.8 Å². The van der Waals surface area contributed by atoms with Gasteiger partial charge in [-0.15, -0.1) is 0 Å². The van der Waals surface area contributed by atoms with E-state index in [1.807, 2.05) is 0 Å². The lowest BCUT2D eigenvalue weighted by molar-refractivity contribution is -0.119. The fraction of sp³-hybridized carbons (Fsp3) is 0.550. The molecule has 7 nitrogen and oxygen atoms in total. The van der Waals surface area contributed by atoms with Crippen LogP contribution in [0.25, 0.3) is 0 Å². The van der Waals surface area contributed by atoms with Crippen LogP contribution >= 0.6 is 25.1 Å². The van der Waals surface area contributed by atoms with Crippen LogP contribution < -0.4 is 5.32 Å². The van der Waals surface area contributed by atoms with Crippen LogP contribution in [0.15, 0.2) is 12.1 Å². The molecule has 0 bridgehead atoms. The monoisotopic (exact) mass is 456 g/mol. The number of aryl methyl sites for hydroxylation is 1. The summed E-state index contributed by atoms with van der Waals surface area (Å²) in [4.78, 5) is 43.0. The Labute approximate surface area is 186 Å². The topological polar surface area (TPSA) is 73.0 Å². The highest BCUT2D eigenvalue weighted by atomic mass is 35.5. The van der Waals surface area contributed by atoms with Gasteiger partial charge in [0.25, 0.3) is 0 Å². The summed E-state index contributed by atoms with van der Waals surface area (Å²) in [6.07, 6.45) is 2.52. The van der Waals surface area contributed by atoms with E-state index in [0.717, 1.165) is 12.8 Å². The van der Waals surface area contributed by atoms with Gasteiger partial charge in [-0.25, -0.2) is 14.0 Å². The van der Waals surface area contributed by atoms with Gasteiger partial charge in [-0.2, -0.15) is 13.5 Å². The first-order valence-corrected chi connectivity index (χ1v) is 10.3. The lowest BCUT2D eigenvalue weighted by Crippen LogP contribution is -2.48. The Balaban J connectivity index is 0.00000256. The molecule has 4 amide bonds. The van der Waals surface area contributed by atoms with E-state index < -0.39 is 17.9 Å². The first-order valence-electron chi connectivity index (χ1n) is 9.94. The van der Waals surface area contributed by atoms with Crippen molar-refractivity contribution in [2.45, 2.75) is 44.8 Å². The van der Waals surface area contributed by atoms with Crippen LogP contribution in [0.4, 0.5) is 14.0 Å². The fourth-order valence-electron chi connectivity index (χ4n) is 4.54. The summed E-state index contributed by atoms with van der Waals surface area (Å²) in [5.41, 5.74) is 0.668. The highest BCUT2D eigenvalue weighted by molar-refractivity contribution is 7.59. The SMILES string of the molecule is Cc1ccc(Cl)c(CNC(=O)N2CC[C@@H]3[C@H]2C(=O)CN3C(=O)N2CCCC2)c1F.S. The predicted molar refractivity (Wildman–Crippen MR) is 116 cm³/mol. The molecule has 3 heterocycles. The smallest absolute Gasteiger partial charge is 0.320 e. The third-order valence-corrected chi connectivity index (χ3v) is 6.46. The van der Waals surface area contributed by atoms with E-state index in [4.69, 9.17) is 11.6 Å². The van der Waals surface area contributed by atoms with Crippen LogP contribution in [0.2, 0.25) is 5.02 Å². The number of urea groups is 2.